The number of rotatable bonds is 9. The molecule has 0 amide bonds. The number of Topliss-reactive ketones (excluding diaryl/α,β-unsaturated/α-hetero) is 1. The molecule has 162 valence electrons. The minimum atomic E-state index is -0.756. The van der Waals surface area contributed by atoms with Crippen LogP contribution in [-0.4, -0.2) is 29.0 Å². The lowest BCUT2D eigenvalue weighted by Gasteiger charge is -2.17. The molecule has 0 radical (unpaired) electrons. The monoisotopic (exact) mass is 423 g/mol. The minimum absolute atomic E-state index is 0.0107. The summed E-state index contributed by atoms with van der Waals surface area (Å²) < 4.78 is 6.46. The molecule has 3 rings (SSSR count). The Bertz CT molecular complexity index is 1150. The molecule has 0 aliphatic carbocycles. The molecular formula is C23H27N4O4+. The highest BCUT2D eigenvalue weighted by molar-refractivity contribution is 6.00. The van der Waals surface area contributed by atoms with E-state index in [4.69, 9.17) is 10.5 Å². The Labute approximate surface area is 179 Å². The smallest absolute Gasteiger partial charge is 0.329 e. The summed E-state index contributed by atoms with van der Waals surface area (Å²) in [5, 5.41) is 1.85. The number of H-pyrrole nitrogens is 1. The first-order valence-corrected chi connectivity index (χ1v) is 10.1. The van der Waals surface area contributed by atoms with Crippen molar-refractivity contribution in [1.29, 1.82) is 0 Å². The number of carbonyl (C=O) groups excluding carboxylic acids is 1. The largest absolute Gasteiger partial charge is 0.497 e. The highest BCUT2D eigenvalue weighted by Crippen LogP contribution is 2.21. The number of nitrogens with two attached hydrogens (primary N) is 2. The van der Waals surface area contributed by atoms with Gasteiger partial charge in [0.1, 0.15) is 29.7 Å². The molecule has 0 aliphatic heterocycles. The molecular weight excluding hydrogens is 396 g/mol. The first-order chi connectivity index (χ1) is 15.0. The Kier molecular flexibility index (Phi) is 7.04. The third kappa shape index (κ3) is 4.92. The molecule has 8 heteroatoms. The molecule has 0 saturated heterocycles. The van der Waals surface area contributed by atoms with Crippen molar-refractivity contribution < 1.29 is 14.8 Å². The fraction of sp³-hybridized carbons (Fsp3) is 0.261. The van der Waals surface area contributed by atoms with Crippen molar-refractivity contribution in [2.45, 2.75) is 25.9 Å². The summed E-state index contributed by atoms with van der Waals surface area (Å²) in [5.41, 5.74) is 6.49. The zero-order chi connectivity index (χ0) is 22.4. The lowest BCUT2D eigenvalue weighted by molar-refractivity contribution is -0.675. The average molecular weight is 423 g/mol. The van der Waals surface area contributed by atoms with Crippen molar-refractivity contribution in [1.82, 2.24) is 9.55 Å². The molecule has 8 nitrogen and oxygen atoms in total. The third-order valence-electron chi connectivity index (χ3n) is 5.14. The predicted octanol–water partition coefficient (Wildman–Crippen LogP) is 1.07. The van der Waals surface area contributed by atoms with Crippen LogP contribution in [-0.2, 0) is 6.54 Å². The SMILES string of the molecule is CCCn1c(N)c(C(=O)C[NH2+][C@@H](c2ccccc2)c2ccc(OC)cc2)c(=O)[nH]c1=O. The van der Waals surface area contributed by atoms with E-state index in [0.29, 0.717) is 13.0 Å². The molecule has 0 unspecified atom stereocenters. The van der Waals surface area contributed by atoms with Gasteiger partial charge in [-0.2, -0.15) is 0 Å². The van der Waals surface area contributed by atoms with Gasteiger partial charge in [-0.3, -0.25) is 19.1 Å². The number of nitrogens with one attached hydrogen (secondary N) is 1. The summed E-state index contributed by atoms with van der Waals surface area (Å²) >= 11 is 0. The summed E-state index contributed by atoms with van der Waals surface area (Å²) in [6.45, 7) is 2.19. The van der Waals surface area contributed by atoms with Gasteiger partial charge < -0.3 is 15.8 Å². The van der Waals surface area contributed by atoms with E-state index in [0.717, 1.165) is 16.9 Å². The number of anilines is 1. The van der Waals surface area contributed by atoms with Crippen LogP contribution in [0.1, 0.15) is 40.9 Å². The van der Waals surface area contributed by atoms with Crippen molar-refractivity contribution in [3.8, 4) is 5.75 Å². The molecule has 1 heterocycles. The van der Waals surface area contributed by atoms with Crippen molar-refractivity contribution in [3.63, 3.8) is 0 Å². The molecule has 0 spiro atoms. The number of aromatic amines is 1. The lowest BCUT2D eigenvalue weighted by atomic mass is 9.98. The molecule has 3 aromatic rings. The maximum absolute atomic E-state index is 13.0. The standard InChI is InChI=1S/C23H26N4O4/c1-3-13-27-21(24)19(22(29)26-23(27)30)18(28)14-25-20(15-7-5-4-6-8-15)16-9-11-17(31-2)12-10-16/h4-12,20,25H,3,13-14,24H2,1-2H3,(H,26,29,30)/p+1/t20-/m0/s1. The van der Waals surface area contributed by atoms with E-state index in [1.807, 2.05) is 66.8 Å². The van der Waals surface area contributed by atoms with Crippen LogP contribution >= 0.6 is 0 Å². The van der Waals surface area contributed by atoms with Gasteiger partial charge in [-0.05, 0) is 30.7 Å². The summed E-state index contributed by atoms with van der Waals surface area (Å²) in [6, 6.07) is 17.2. The summed E-state index contributed by atoms with van der Waals surface area (Å²) in [7, 11) is 1.61. The lowest BCUT2D eigenvalue weighted by Crippen LogP contribution is -2.87. The molecule has 0 aliphatic rings. The van der Waals surface area contributed by atoms with Crippen molar-refractivity contribution >= 4 is 11.6 Å². The number of ketones is 1. The van der Waals surface area contributed by atoms with Gasteiger partial charge in [-0.25, -0.2) is 4.79 Å². The fourth-order valence-electron chi connectivity index (χ4n) is 3.57. The van der Waals surface area contributed by atoms with Crippen molar-refractivity contribution in [3.05, 3.63) is 92.1 Å². The molecule has 1 aromatic heterocycles. The molecule has 5 N–H and O–H groups in total. The Morgan fingerprint density at radius 2 is 1.74 bits per heavy atom. The maximum Gasteiger partial charge on any atom is 0.329 e. The molecule has 1 atom stereocenters. The molecule has 31 heavy (non-hydrogen) atoms. The van der Waals surface area contributed by atoms with Crippen LogP contribution in [0.5, 0.6) is 5.75 Å². The number of methoxy groups -OCH3 is 1. The van der Waals surface area contributed by atoms with Gasteiger partial charge in [0.05, 0.1) is 7.11 Å². The second kappa shape index (κ2) is 9.90. The summed E-state index contributed by atoms with van der Waals surface area (Å²) in [4.78, 5) is 39.5. The Hall–Kier alpha value is -3.65. The molecule has 0 saturated carbocycles. The van der Waals surface area contributed by atoms with E-state index in [2.05, 4.69) is 4.98 Å². The number of hydrogen-bond donors (Lipinski definition) is 3. The number of benzene rings is 2. The van der Waals surface area contributed by atoms with Crippen molar-refractivity contribution in [2.75, 3.05) is 19.4 Å². The highest BCUT2D eigenvalue weighted by Gasteiger charge is 2.24. The van der Waals surface area contributed by atoms with Crippen LogP contribution in [0, 0.1) is 0 Å². The van der Waals surface area contributed by atoms with Gasteiger partial charge in [0.2, 0.25) is 5.78 Å². The first kappa shape index (κ1) is 22.0. The number of nitrogen functional groups attached to an aromatic ring is 1. The Balaban J connectivity index is 1.90. The number of hydrogen-bond acceptors (Lipinski definition) is 5. The maximum atomic E-state index is 13.0. The van der Waals surface area contributed by atoms with Gasteiger partial charge in [-0.1, -0.05) is 37.3 Å². The van der Waals surface area contributed by atoms with Crippen LogP contribution in [0.15, 0.2) is 64.2 Å². The number of aromatic nitrogens is 2. The fourth-order valence-corrected chi connectivity index (χ4v) is 3.57. The molecule has 0 fully saturated rings. The van der Waals surface area contributed by atoms with Gasteiger partial charge >= 0.3 is 5.69 Å². The average Bonchev–Trinajstić information content (AvgIpc) is 2.78. The third-order valence-corrected chi connectivity index (χ3v) is 5.14. The Morgan fingerprint density at radius 1 is 1.10 bits per heavy atom. The van der Waals surface area contributed by atoms with Crippen LogP contribution in [0.25, 0.3) is 0 Å². The van der Waals surface area contributed by atoms with E-state index >= 15 is 0 Å². The Morgan fingerprint density at radius 3 is 2.35 bits per heavy atom. The second-order valence-electron chi connectivity index (χ2n) is 7.20. The van der Waals surface area contributed by atoms with E-state index in [1.165, 1.54) is 4.57 Å². The van der Waals surface area contributed by atoms with Gasteiger partial charge in [0.25, 0.3) is 5.56 Å². The van der Waals surface area contributed by atoms with Gasteiger partial charge in [0.15, 0.2) is 0 Å². The van der Waals surface area contributed by atoms with Gasteiger partial charge in [-0.15, -0.1) is 0 Å². The van der Waals surface area contributed by atoms with Crippen LogP contribution in [0.2, 0.25) is 0 Å². The predicted molar refractivity (Wildman–Crippen MR) is 118 cm³/mol. The van der Waals surface area contributed by atoms with Crippen molar-refractivity contribution in [2.24, 2.45) is 0 Å². The van der Waals surface area contributed by atoms with Crippen LogP contribution in [0.3, 0.4) is 0 Å². The zero-order valence-electron chi connectivity index (χ0n) is 17.6. The van der Waals surface area contributed by atoms with E-state index in [9.17, 15) is 14.4 Å². The number of ether oxygens (including phenoxy) is 1. The van der Waals surface area contributed by atoms with E-state index in [1.54, 1.807) is 7.11 Å². The zero-order valence-corrected chi connectivity index (χ0v) is 17.6. The van der Waals surface area contributed by atoms with Gasteiger partial charge in [0, 0.05) is 17.7 Å². The van der Waals surface area contributed by atoms with Crippen LogP contribution in [0.4, 0.5) is 5.82 Å². The normalized spacial score (nSPS) is 11.8. The highest BCUT2D eigenvalue weighted by atomic mass is 16.5. The van der Waals surface area contributed by atoms with E-state index < -0.39 is 17.0 Å². The number of carbonyl (C=O) groups is 1. The summed E-state index contributed by atoms with van der Waals surface area (Å²) in [5.74, 6) is 0.219. The van der Waals surface area contributed by atoms with E-state index in [-0.39, 0.29) is 24.0 Å². The number of nitrogens with zero attached hydrogens (tertiary/aromatic N) is 1. The number of quaternary nitrogens is 1. The molecule has 0 bridgehead atoms. The minimum Gasteiger partial charge on any atom is -0.497 e. The quantitative estimate of drug-likeness (QED) is 0.444. The summed E-state index contributed by atoms with van der Waals surface area (Å²) in [6.07, 6.45) is 0.642. The topological polar surface area (TPSA) is 124 Å². The van der Waals surface area contributed by atoms with Crippen LogP contribution < -0.4 is 27.0 Å². The first-order valence-electron chi connectivity index (χ1n) is 10.1. The molecule has 2 aromatic carbocycles. The second-order valence-corrected chi connectivity index (χ2v) is 7.20.